The van der Waals surface area contributed by atoms with Gasteiger partial charge in [0.15, 0.2) is 5.82 Å². The molecular formula is C10H11ClN6. The van der Waals surface area contributed by atoms with E-state index >= 15 is 0 Å². The summed E-state index contributed by atoms with van der Waals surface area (Å²) >= 11 is 5.86. The molecule has 17 heavy (non-hydrogen) atoms. The third kappa shape index (κ3) is 1.85. The van der Waals surface area contributed by atoms with Gasteiger partial charge in [-0.3, -0.25) is 0 Å². The molecule has 0 unspecified atom stereocenters. The van der Waals surface area contributed by atoms with Crippen molar-refractivity contribution < 1.29 is 0 Å². The smallest absolute Gasteiger partial charge is 0.180 e. The molecule has 0 bridgehead atoms. The molecule has 0 spiro atoms. The summed E-state index contributed by atoms with van der Waals surface area (Å²) in [6.45, 7) is 1.82. The van der Waals surface area contributed by atoms with Crippen molar-refractivity contribution in [1.29, 1.82) is 0 Å². The highest BCUT2D eigenvalue weighted by atomic mass is 35.5. The molecule has 1 aliphatic heterocycles. The van der Waals surface area contributed by atoms with Gasteiger partial charge in [-0.15, -0.1) is 15.0 Å². The molecule has 0 radical (unpaired) electrons. The predicted molar refractivity (Wildman–Crippen MR) is 64.2 cm³/mol. The fraction of sp³-hybridized carbons (Fsp3) is 0.300. The van der Waals surface area contributed by atoms with E-state index in [-0.39, 0.29) is 0 Å². The topological polar surface area (TPSA) is 81.7 Å². The second kappa shape index (κ2) is 3.97. The van der Waals surface area contributed by atoms with Gasteiger partial charge in [0.2, 0.25) is 0 Å². The largest absolute Gasteiger partial charge is 0.397 e. The van der Waals surface area contributed by atoms with Crippen LogP contribution in [0, 0.1) is 0 Å². The van der Waals surface area contributed by atoms with Crippen molar-refractivity contribution in [2.24, 2.45) is 0 Å². The second-order valence-electron chi connectivity index (χ2n) is 4.00. The average Bonchev–Trinajstić information content (AvgIpc) is 2.69. The molecule has 3 N–H and O–H groups in total. The van der Waals surface area contributed by atoms with E-state index in [9.17, 15) is 0 Å². The molecule has 7 heteroatoms. The van der Waals surface area contributed by atoms with Crippen LogP contribution in [0.5, 0.6) is 0 Å². The minimum Gasteiger partial charge on any atom is -0.397 e. The lowest BCUT2D eigenvalue weighted by molar-refractivity contribution is 0.429. The van der Waals surface area contributed by atoms with E-state index in [2.05, 4.69) is 20.7 Å². The van der Waals surface area contributed by atoms with Gasteiger partial charge < -0.3 is 11.1 Å². The van der Waals surface area contributed by atoms with Gasteiger partial charge >= 0.3 is 0 Å². The summed E-state index contributed by atoms with van der Waals surface area (Å²) in [5, 5.41) is 16.1. The maximum atomic E-state index is 5.86. The molecule has 2 heterocycles. The van der Waals surface area contributed by atoms with Crippen molar-refractivity contribution >= 4 is 17.3 Å². The highest BCUT2D eigenvalue weighted by Crippen LogP contribution is 2.21. The van der Waals surface area contributed by atoms with Gasteiger partial charge in [0.1, 0.15) is 0 Å². The van der Waals surface area contributed by atoms with Gasteiger partial charge in [-0.05, 0) is 23.4 Å². The Kier molecular flexibility index (Phi) is 2.45. The first-order valence-corrected chi connectivity index (χ1v) is 5.68. The molecule has 0 saturated carbocycles. The first-order valence-electron chi connectivity index (χ1n) is 5.30. The average molecular weight is 251 g/mol. The molecule has 6 nitrogen and oxygen atoms in total. The summed E-state index contributed by atoms with van der Waals surface area (Å²) in [6, 6.07) is 5.26. The molecule has 1 aromatic carbocycles. The van der Waals surface area contributed by atoms with Crippen LogP contribution in [0.2, 0.25) is 5.02 Å². The van der Waals surface area contributed by atoms with Crippen LogP contribution in [0.1, 0.15) is 11.7 Å². The van der Waals surface area contributed by atoms with E-state index < -0.39 is 0 Å². The van der Waals surface area contributed by atoms with Gasteiger partial charge in [-0.25, -0.2) is 0 Å². The Balaban J connectivity index is 1.92. The number of anilines is 1. The summed E-state index contributed by atoms with van der Waals surface area (Å²) in [7, 11) is 0. The molecule has 2 aromatic rings. The van der Waals surface area contributed by atoms with Crippen LogP contribution in [-0.2, 0) is 0 Å². The van der Waals surface area contributed by atoms with Crippen LogP contribution in [0.15, 0.2) is 18.2 Å². The number of nitrogens with one attached hydrogen (secondary N) is 1. The minimum absolute atomic E-state index is 0.369. The Hall–Kier alpha value is -1.66. The molecule has 0 aliphatic carbocycles. The van der Waals surface area contributed by atoms with Crippen molar-refractivity contribution in [3.63, 3.8) is 0 Å². The zero-order valence-corrected chi connectivity index (χ0v) is 9.72. The molecule has 1 aliphatic rings. The summed E-state index contributed by atoms with van der Waals surface area (Å²) in [4.78, 5) is 1.47. The van der Waals surface area contributed by atoms with Crippen molar-refractivity contribution in [1.82, 2.24) is 25.5 Å². The number of hydrogen-bond acceptors (Lipinski definition) is 5. The molecule has 3 rings (SSSR count). The number of hydrogen-bond donors (Lipinski definition) is 2. The normalized spacial score (nSPS) is 15.8. The molecule has 0 amide bonds. The van der Waals surface area contributed by atoms with E-state index in [1.807, 2.05) is 6.07 Å². The van der Waals surface area contributed by atoms with Gasteiger partial charge in [0.25, 0.3) is 0 Å². The van der Waals surface area contributed by atoms with E-state index in [4.69, 9.17) is 17.3 Å². The van der Waals surface area contributed by atoms with E-state index in [0.29, 0.717) is 16.6 Å². The zero-order valence-electron chi connectivity index (χ0n) is 8.97. The fourth-order valence-corrected chi connectivity index (χ4v) is 1.74. The molecule has 1 aromatic heterocycles. The Labute approximate surface area is 103 Å². The lowest BCUT2D eigenvalue weighted by Gasteiger charge is -2.23. The summed E-state index contributed by atoms with van der Waals surface area (Å²) in [5.74, 6) is 1.13. The van der Waals surface area contributed by atoms with Gasteiger partial charge in [0.05, 0.1) is 16.4 Å². The number of nitrogens with zero attached hydrogens (tertiary/aromatic N) is 4. The zero-order chi connectivity index (χ0) is 11.8. The second-order valence-corrected chi connectivity index (χ2v) is 4.41. The quantitative estimate of drug-likeness (QED) is 0.763. The van der Waals surface area contributed by atoms with Crippen LogP contribution in [0.4, 0.5) is 5.69 Å². The SMILES string of the molecule is Nc1cc(-n2nnc(C3CNC3)n2)ccc1Cl. The Morgan fingerprint density at radius 3 is 2.88 bits per heavy atom. The van der Waals surface area contributed by atoms with Crippen molar-refractivity contribution in [2.75, 3.05) is 18.8 Å². The Morgan fingerprint density at radius 2 is 2.24 bits per heavy atom. The number of rotatable bonds is 2. The van der Waals surface area contributed by atoms with Crippen molar-refractivity contribution in [3.8, 4) is 5.69 Å². The van der Waals surface area contributed by atoms with Gasteiger partial charge in [-0.1, -0.05) is 11.6 Å². The van der Waals surface area contributed by atoms with Crippen LogP contribution >= 0.6 is 11.6 Å². The molecule has 1 fully saturated rings. The number of aromatic nitrogens is 4. The highest BCUT2D eigenvalue weighted by molar-refractivity contribution is 6.33. The molecule has 0 atom stereocenters. The maximum Gasteiger partial charge on any atom is 0.180 e. The maximum absolute atomic E-state index is 5.86. The molecular weight excluding hydrogens is 240 g/mol. The third-order valence-corrected chi connectivity index (χ3v) is 3.13. The van der Waals surface area contributed by atoms with Crippen LogP contribution < -0.4 is 11.1 Å². The monoisotopic (exact) mass is 250 g/mol. The number of halogens is 1. The number of nitrogen functional groups attached to an aromatic ring is 1. The number of nitrogens with two attached hydrogens (primary N) is 1. The minimum atomic E-state index is 0.369. The predicted octanol–water partition coefficient (Wildman–Crippen LogP) is 0.585. The first kappa shape index (κ1) is 10.5. The van der Waals surface area contributed by atoms with Gasteiger partial charge in [-0.2, -0.15) is 0 Å². The Morgan fingerprint density at radius 1 is 1.41 bits per heavy atom. The summed E-state index contributed by atoms with van der Waals surface area (Å²) in [6.07, 6.45) is 0. The molecule has 88 valence electrons. The third-order valence-electron chi connectivity index (χ3n) is 2.79. The fourth-order valence-electron chi connectivity index (χ4n) is 1.62. The van der Waals surface area contributed by atoms with Crippen molar-refractivity contribution in [2.45, 2.75) is 5.92 Å². The summed E-state index contributed by atoms with van der Waals surface area (Å²) < 4.78 is 0. The lowest BCUT2D eigenvalue weighted by Crippen LogP contribution is -2.40. The number of tetrazole rings is 1. The standard InChI is InChI=1S/C10H11ClN6/c11-8-2-1-7(3-9(8)12)17-15-10(14-16-17)6-4-13-5-6/h1-3,6,13H,4-5,12H2. The summed E-state index contributed by atoms with van der Waals surface area (Å²) in [5.41, 5.74) is 7.00. The lowest BCUT2D eigenvalue weighted by atomic mass is 10.0. The van der Waals surface area contributed by atoms with Crippen molar-refractivity contribution in [3.05, 3.63) is 29.0 Å². The van der Waals surface area contributed by atoms with Crippen LogP contribution in [0.3, 0.4) is 0 Å². The molecule has 1 saturated heterocycles. The van der Waals surface area contributed by atoms with E-state index in [1.165, 1.54) is 4.80 Å². The van der Waals surface area contributed by atoms with Crippen LogP contribution in [0.25, 0.3) is 5.69 Å². The van der Waals surface area contributed by atoms with E-state index in [0.717, 1.165) is 24.6 Å². The van der Waals surface area contributed by atoms with E-state index in [1.54, 1.807) is 12.1 Å². The highest BCUT2D eigenvalue weighted by Gasteiger charge is 2.23. The Bertz CT molecular complexity index is 547. The van der Waals surface area contributed by atoms with Gasteiger partial charge in [0, 0.05) is 19.0 Å². The van der Waals surface area contributed by atoms with Crippen LogP contribution in [-0.4, -0.2) is 33.3 Å². The number of benzene rings is 1. The first-order chi connectivity index (χ1) is 8.24.